The molecule has 0 aliphatic carbocycles. The van der Waals surface area contributed by atoms with Crippen molar-refractivity contribution in [2.75, 3.05) is 0 Å². The second-order valence-corrected chi connectivity index (χ2v) is 6.56. The molecule has 3 aromatic rings. The molecule has 3 rings (SSSR count). The van der Waals surface area contributed by atoms with Crippen molar-refractivity contribution in [1.82, 2.24) is 19.7 Å². The summed E-state index contributed by atoms with van der Waals surface area (Å²) in [6.45, 7) is 7.40. The highest BCUT2D eigenvalue weighted by Gasteiger charge is 2.14. The number of hydrogen-bond donors (Lipinski definition) is 0. The quantitative estimate of drug-likeness (QED) is 0.628. The lowest BCUT2D eigenvalue weighted by atomic mass is 10.1. The van der Waals surface area contributed by atoms with Gasteiger partial charge in [-0.05, 0) is 37.6 Å². The van der Waals surface area contributed by atoms with E-state index in [4.69, 9.17) is 11.6 Å². The van der Waals surface area contributed by atoms with Crippen molar-refractivity contribution in [2.24, 2.45) is 0 Å². The van der Waals surface area contributed by atoms with Crippen molar-refractivity contribution >= 4 is 11.6 Å². The number of hydrogen-bond acceptors (Lipinski definition) is 3. The molecule has 0 aliphatic heterocycles. The van der Waals surface area contributed by atoms with Gasteiger partial charge in [0.25, 0.3) is 0 Å². The lowest BCUT2D eigenvalue weighted by Gasteiger charge is -2.22. The van der Waals surface area contributed by atoms with Gasteiger partial charge < -0.3 is 0 Å². The molecule has 0 bridgehead atoms. The number of rotatable bonds is 7. The third kappa shape index (κ3) is 4.68. The Morgan fingerprint density at radius 1 is 1.00 bits per heavy atom. The van der Waals surface area contributed by atoms with Crippen LogP contribution in [-0.2, 0) is 26.2 Å². The van der Waals surface area contributed by atoms with E-state index in [9.17, 15) is 0 Å². The summed E-state index contributed by atoms with van der Waals surface area (Å²) in [6.07, 6.45) is 3.97. The molecule has 0 N–H and O–H groups in total. The molecule has 0 atom stereocenters. The smallest absolute Gasteiger partial charge is 0.0638 e. The molecule has 0 unspecified atom stereocenters. The average Bonchev–Trinajstić information content (AvgIpc) is 2.98. The normalized spacial score (nSPS) is 11.2. The summed E-state index contributed by atoms with van der Waals surface area (Å²) < 4.78 is 1.99. The van der Waals surface area contributed by atoms with E-state index in [-0.39, 0.29) is 0 Å². The predicted molar refractivity (Wildman–Crippen MR) is 101 cm³/mol. The fourth-order valence-electron chi connectivity index (χ4n) is 2.87. The van der Waals surface area contributed by atoms with Gasteiger partial charge >= 0.3 is 0 Å². The third-order valence-corrected chi connectivity index (χ3v) is 4.60. The summed E-state index contributed by atoms with van der Waals surface area (Å²) in [5.41, 5.74) is 4.49. The molecule has 2 aromatic heterocycles. The highest BCUT2D eigenvalue weighted by atomic mass is 35.5. The number of pyridine rings is 1. The van der Waals surface area contributed by atoms with E-state index in [1.165, 1.54) is 5.56 Å². The van der Waals surface area contributed by atoms with Crippen molar-refractivity contribution < 1.29 is 0 Å². The van der Waals surface area contributed by atoms with Crippen molar-refractivity contribution in [1.29, 1.82) is 0 Å². The standard InChI is InChI=1S/C20H23ClN4/c1-3-25-14-18(16(2)23-25)13-24(15-19-9-6-7-11-22-19)12-17-8-4-5-10-20(17)21/h4-11,14H,3,12-13,15H2,1-2H3. The Morgan fingerprint density at radius 2 is 1.76 bits per heavy atom. The maximum atomic E-state index is 6.37. The minimum atomic E-state index is 0.767. The third-order valence-electron chi connectivity index (χ3n) is 4.23. The maximum absolute atomic E-state index is 6.37. The lowest BCUT2D eigenvalue weighted by molar-refractivity contribution is 0.244. The zero-order valence-corrected chi connectivity index (χ0v) is 15.4. The van der Waals surface area contributed by atoms with Crippen molar-refractivity contribution in [3.05, 3.63) is 82.4 Å². The number of nitrogens with zero attached hydrogens (tertiary/aromatic N) is 4. The van der Waals surface area contributed by atoms with E-state index in [0.29, 0.717) is 0 Å². The minimum Gasteiger partial charge on any atom is -0.289 e. The van der Waals surface area contributed by atoms with Crippen LogP contribution in [0.4, 0.5) is 0 Å². The van der Waals surface area contributed by atoms with Crippen LogP contribution in [0.1, 0.15) is 29.4 Å². The molecule has 2 heterocycles. The number of aromatic nitrogens is 3. The monoisotopic (exact) mass is 354 g/mol. The van der Waals surface area contributed by atoms with Gasteiger partial charge in [-0.3, -0.25) is 14.6 Å². The largest absolute Gasteiger partial charge is 0.289 e. The molecule has 5 heteroatoms. The second kappa shape index (κ2) is 8.28. The van der Waals surface area contributed by atoms with Gasteiger partial charge in [-0.1, -0.05) is 35.9 Å². The molecule has 0 saturated heterocycles. The second-order valence-electron chi connectivity index (χ2n) is 6.15. The van der Waals surface area contributed by atoms with Crippen LogP contribution in [0.5, 0.6) is 0 Å². The molecular weight excluding hydrogens is 332 g/mol. The Balaban J connectivity index is 1.83. The molecule has 0 fully saturated rings. The van der Waals surface area contributed by atoms with Crippen LogP contribution in [0.3, 0.4) is 0 Å². The molecular formula is C20H23ClN4. The SMILES string of the molecule is CCn1cc(CN(Cc2ccccn2)Cc2ccccc2Cl)c(C)n1. The molecule has 25 heavy (non-hydrogen) atoms. The Bertz CT molecular complexity index is 814. The first-order valence-corrected chi connectivity index (χ1v) is 8.92. The first-order valence-electron chi connectivity index (χ1n) is 8.54. The number of halogens is 1. The molecule has 1 aromatic carbocycles. The zero-order chi connectivity index (χ0) is 17.6. The van der Waals surface area contributed by atoms with Crippen LogP contribution in [0, 0.1) is 6.92 Å². The molecule has 0 amide bonds. The van der Waals surface area contributed by atoms with E-state index < -0.39 is 0 Å². The highest BCUT2D eigenvalue weighted by Crippen LogP contribution is 2.20. The van der Waals surface area contributed by atoms with Crippen LogP contribution in [0.15, 0.2) is 54.9 Å². The van der Waals surface area contributed by atoms with E-state index in [2.05, 4.69) is 47.2 Å². The highest BCUT2D eigenvalue weighted by molar-refractivity contribution is 6.31. The Kier molecular flexibility index (Phi) is 5.84. The molecule has 4 nitrogen and oxygen atoms in total. The summed E-state index contributed by atoms with van der Waals surface area (Å²) in [5.74, 6) is 0. The topological polar surface area (TPSA) is 34.0 Å². The van der Waals surface area contributed by atoms with Gasteiger partial charge in [0.15, 0.2) is 0 Å². The summed E-state index contributed by atoms with van der Waals surface area (Å²) in [4.78, 5) is 6.83. The molecule has 0 saturated carbocycles. The van der Waals surface area contributed by atoms with Crippen LogP contribution in [-0.4, -0.2) is 19.7 Å². The molecule has 0 aliphatic rings. The number of aryl methyl sites for hydroxylation is 2. The Labute approximate surface area is 154 Å². The summed E-state index contributed by atoms with van der Waals surface area (Å²) in [6, 6.07) is 14.0. The Hall–Kier alpha value is -2.17. The minimum absolute atomic E-state index is 0.767. The van der Waals surface area contributed by atoms with Crippen LogP contribution < -0.4 is 0 Å². The predicted octanol–water partition coefficient (Wildman–Crippen LogP) is 4.46. The summed E-state index contributed by atoms with van der Waals surface area (Å²) >= 11 is 6.37. The maximum Gasteiger partial charge on any atom is 0.0638 e. The first-order chi connectivity index (χ1) is 12.2. The van der Waals surface area contributed by atoms with Gasteiger partial charge in [-0.15, -0.1) is 0 Å². The van der Waals surface area contributed by atoms with E-state index in [1.54, 1.807) is 0 Å². The fourth-order valence-corrected chi connectivity index (χ4v) is 3.07. The average molecular weight is 355 g/mol. The fraction of sp³-hybridized carbons (Fsp3) is 0.300. The van der Waals surface area contributed by atoms with E-state index in [1.807, 2.05) is 41.2 Å². The summed E-state index contributed by atoms with van der Waals surface area (Å²) in [7, 11) is 0. The van der Waals surface area contributed by atoms with E-state index >= 15 is 0 Å². The van der Waals surface area contributed by atoms with E-state index in [0.717, 1.165) is 48.2 Å². The lowest BCUT2D eigenvalue weighted by Crippen LogP contribution is -2.23. The molecule has 130 valence electrons. The van der Waals surface area contributed by atoms with Gasteiger partial charge in [-0.2, -0.15) is 5.10 Å². The zero-order valence-electron chi connectivity index (χ0n) is 14.7. The van der Waals surface area contributed by atoms with Crippen molar-refractivity contribution in [3.63, 3.8) is 0 Å². The van der Waals surface area contributed by atoms with Gasteiger partial charge in [0.1, 0.15) is 0 Å². The molecule has 0 radical (unpaired) electrons. The van der Waals surface area contributed by atoms with Gasteiger partial charge in [0.2, 0.25) is 0 Å². The van der Waals surface area contributed by atoms with Gasteiger partial charge in [-0.25, -0.2) is 0 Å². The van der Waals surface area contributed by atoms with Crippen LogP contribution >= 0.6 is 11.6 Å². The number of benzene rings is 1. The molecule has 0 spiro atoms. The first kappa shape index (κ1) is 17.6. The Morgan fingerprint density at radius 3 is 2.44 bits per heavy atom. The van der Waals surface area contributed by atoms with Crippen molar-refractivity contribution in [3.8, 4) is 0 Å². The van der Waals surface area contributed by atoms with Crippen molar-refractivity contribution in [2.45, 2.75) is 40.0 Å². The summed E-state index contributed by atoms with van der Waals surface area (Å²) in [5, 5.41) is 5.36. The van der Waals surface area contributed by atoms with Gasteiger partial charge in [0, 0.05) is 49.2 Å². The van der Waals surface area contributed by atoms with Gasteiger partial charge in [0.05, 0.1) is 11.4 Å². The van der Waals surface area contributed by atoms with Crippen LogP contribution in [0.25, 0.3) is 0 Å². The van der Waals surface area contributed by atoms with Crippen LogP contribution in [0.2, 0.25) is 5.02 Å².